The van der Waals surface area contributed by atoms with Gasteiger partial charge in [-0.1, -0.05) is 23.7 Å². The van der Waals surface area contributed by atoms with Crippen molar-refractivity contribution < 1.29 is 23.6 Å². The Morgan fingerprint density at radius 2 is 1.86 bits per heavy atom. The molecule has 1 aliphatic rings. The summed E-state index contributed by atoms with van der Waals surface area (Å²) in [4.78, 5) is 36.8. The zero-order valence-electron chi connectivity index (χ0n) is 18.0. The van der Waals surface area contributed by atoms with Gasteiger partial charge in [-0.25, -0.2) is 9.29 Å². The topological polar surface area (TPSA) is 102 Å². The molecule has 1 fully saturated rings. The number of carbonyl (C=O) groups excluding carboxylic acids is 2. The third-order valence-electron chi connectivity index (χ3n) is 5.06. The lowest BCUT2D eigenvalue weighted by Gasteiger charge is -2.29. The van der Waals surface area contributed by atoms with Gasteiger partial charge < -0.3 is 4.74 Å². The van der Waals surface area contributed by atoms with E-state index in [4.69, 9.17) is 28.6 Å². The van der Waals surface area contributed by atoms with Gasteiger partial charge in [-0.05, 0) is 81.7 Å². The molecule has 3 aromatic rings. The largest absolute Gasteiger partial charge is 0.486 e. The van der Waals surface area contributed by atoms with Crippen LogP contribution < -0.4 is 15.0 Å². The third-order valence-corrected chi connectivity index (χ3v) is 6.21. The van der Waals surface area contributed by atoms with Crippen LogP contribution >= 0.6 is 39.7 Å². The van der Waals surface area contributed by atoms with E-state index < -0.39 is 22.6 Å². The molecule has 0 atom stereocenters. The van der Waals surface area contributed by atoms with Gasteiger partial charge in [0.25, 0.3) is 17.5 Å². The van der Waals surface area contributed by atoms with E-state index in [1.807, 2.05) is 0 Å². The second-order valence-electron chi connectivity index (χ2n) is 7.44. The number of anilines is 1. The van der Waals surface area contributed by atoms with Crippen molar-refractivity contribution in [1.82, 2.24) is 5.32 Å². The highest BCUT2D eigenvalue weighted by Crippen LogP contribution is 2.36. The van der Waals surface area contributed by atoms with Gasteiger partial charge in [0.2, 0.25) is 0 Å². The molecule has 36 heavy (non-hydrogen) atoms. The van der Waals surface area contributed by atoms with Gasteiger partial charge in [0.05, 0.1) is 20.1 Å². The number of non-ortho nitro benzene ring substituents is 1. The Balaban J connectivity index is 1.58. The van der Waals surface area contributed by atoms with Gasteiger partial charge in [-0.3, -0.25) is 25.0 Å². The van der Waals surface area contributed by atoms with Crippen LogP contribution in [-0.4, -0.2) is 21.9 Å². The zero-order valence-corrected chi connectivity index (χ0v) is 21.2. The Hall–Kier alpha value is -3.67. The van der Waals surface area contributed by atoms with Crippen LogP contribution in [0.4, 0.5) is 15.8 Å². The van der Waals surface area contributed by atoms with E-state index in [1.54, 1.807) is 24.3 Å². The first-order valence-corrected chi connectivity index (χ1v) is 11.7. The fourth-order valence-corrected chi connectivity index (χ4v) is 4.61. The summed E-state index contributed by atoms with van der Waals surface area (Å²) in [6, 6.07) is 14.5. The monoisotopic (exact) mass is 589 g/mol. The number of amides is 2. The fourth-order valence-electron chi connectivity index (χ4n) is 3.35. The molecule has 0 saturated carbocycles. The van der Waals surface area contributed by atoms with Crippen molar-refractivity contribution >= 4 is 74.1 Å². The maximum absolute atomic E-state index is 14.3. The molecular formula is C24H14BrClFN3O5S. The molecule has 0 aliphatic carbocycles. The Morgan fingerprint density at radius 3 is 2.50 bits per heavy atom. The number of nitrogens with zero attached hydrogens (tertiary/aromatic N) is 2. The molecule has 1 saturated heterocycles. The third kappa shape index (κ3) is 5.27. The van der Waals surface area contributed by atoms with Gasteiger partial charge >= 0.3 is 0 Å². The number of nitrogens with one attached hydrogen (secondary N) is 1. The Bertz CT molecular complexity index is 1420. The number of thiocarbonyl (C=S) groups is 1. The van der Waals surface area contributed by atoms with Gasteiger partial charge in [0.1, 0.15) is 18.0 Å². The Kier molecular flexibility index (Phi) is 7.43. The number of nitro benzene ring substituents is 1. The van der Waals surface area contributed by atoms with Gasteiger partial charge in [0.15, 0.2) is 10.9 Å². The highest BCUT2D eigenvalue weighted by atomic mass is 79.9. The average Bonchev–Trinajstić information content (AvgIpc) is 2.82. The summed E-state index contributed by atoms with van der Waals surface area (Å²) in [5, 5.41) is 13.1. The molecule has 0 spiro atoms. The molecule has 0 bridgehead atoms. The minimum absolute atomic E-state index is 0.0361. The first-order chi connectivity index (χ1) is 17.2. The first kappa shape index (κ1) is 25.4. The molecular weight excluding hydrogens is 577 g/mol. The van der Waals surface area contributed by atoms with Gasteiger partial charge in [-0.15, -0.1) is 0 Å². The number of hydrogen-bond donors (Lipinski definition) is 1. The van der Waals surface area contributed by atoms with E-state index in [-0.39, 0.29) is 33.7 Å². The highest BCUT2D eigenvalue weighted by Gasteiger charge is 2.35. The summed E-state index contributed by atoms with van der Waals surface area (Å²) in [5.41, 5.74) is 0.686. The summed E-state index contributed by atoms with van der Waals surface area (Å²) in [6.45, 7) is 0.0900. The predicted octanol–water partition coefficient (Wildman–Crippen LogP) is 5.56. The number of halogens is 3. The number of carbonyl (C=O) groups is 2. The number of hydrogen-bond acceptors (Lipinski definition) is 6. The van der Waals surface area contributed by atoms with Crippen molar-refractivity contribution in [3.05, 3.63) is 103 Å². The average molecular weight is 591 g/mol. The van der Waals surface area contributed by atoms with Crippen molar-refractivity contribution in [3.63, 3.8) is 0 Å². The van der Waals surface area contributed by atoms with Crippen LogP contribution in [0.25, 0.3) is 6.08 Å². The van der Waals surface area contributed by atoms with Crippen LogP contribution in [-0.2, 0) is 16.2 Å². The van der Waals surface area contributed by atoms with Gasteiger partial charge in [0, 0.05) is 12.1 Å². The SMILES string of the molecule is O=C1NC(=S)N(c2ccccc2F)C(=O)/C1=C/c1cc(Cl)c(OCc2ccc([N+](=O)[O-])cc2)c(Br)c1. The zero-order chi connectivity index (χ0) is 26.0. The molecule has 12 heteroatoms. The quantitative estimate of drug-likeness (QED) is 0.133. The number of ether oxygens (including phenoxy) is 1. The maximum Gasteiger partial charge on any atom is 0.270 e. The number of benzene rings is 3. The summed E-state index contributed by atoms with van der Waals surface area (Å²) in [6.07, 6.45) is 1.31. The summed E-state index contributed by atoms with van der Waals surface area (Å²) in [5.74, 6) is -1.90. The van der Waals surface area contributed by atoms with E-state index in [1.165, 1.54) is 42.5 Å². The Morgan fingerprint density at radius 1 is 1.17 bits per heavy atom. The van der Waals surface area contributed by atoms with Crippen molar-refractivity contribution in [3.8, 4) is 5.75 Å². The minimum atomic E-state index is -0.792. The van der Waals surface area contributed by atoms with Crippen LogP contribution in [0.2, 0.25) is 5.02 Å². The number of rotatable bonds is 6. The van der Waals surface area contributed by atoms with Crippen molar-refractivity contribution in [2.45, 2.75) is 6.61 Å². The normalized spacial score (nSPS) is 14.7. The predicted molar refractivity (Wildman–Crippen MR) is 139 cm³/mol. The molecule has 1 aliphatic heterocycles. The lowest BCUT2D eigenvalue weighted by molar-refractivity contribution is -0.384. The van der Waals surface area contributed by atoms with Crippen LogP contribution in [0.1, 0.15) is 11.1 Å². The lowest BCUT2D eigenvalue weighted by atomic mass is 10.1. The van der Waals surface area contributed by atoms with Crippen LogP contribution in [0, 0.1) is 15.9 Å². The summed E-state index contributed by atoms with van der Waals surface area (Å²) in [7, 11) is 0. The van der Waals surface area contributed by atoms with Crippen molar-refractivity contribution in [2.75, 3.05) is 4.90 Å². The summed E-state index contributed by atoms with van der Waals surface area (Å²) >= 11 is 14.8. The van der Waals surface area contributed by atoms with E-state index >= 15 is 0 Å². The molecule has 182 valence electrons. The number of para-hydroxylation sites is 1. The van der Waals surface area contributed by atoms with Crippen molar-refractivity contribution in [1.29, 1.82) is 0 Å². The van der Waals surface area contributed by atoms with Crippen LogP contribution in [0.15, 0.2) is 70.7 Å². The fraction of sp³-hybridized carbons (Fsp3) is 0.0417. The van der Waals surface area contributed by atoms with Crippen molar-refractivity contribution in [2.24, 2.45) is 0 Å². The molecule has 4 rings (SSSR count). The smallest absolute Gasteiger partial charge is 0.270 e. The highest BCUT2D eigenvalue weighted by molar-refractivity contribution is 9.10. The van der Waals surface area contributed by atoms with E-state index in [2.05, 4.69) is 21.2 Å². The number of nitro groups is 1. The molecule has 0 aromatic heterocycles. The maximum atomic E-state index is 14.3. The molecule has 0 radical (unpaired) electrons. The Labute approximate surface area is 222 Å². The second-order valence-corrected chi connectivity index (χ2v) is 9.08. The minimum Gasteiger partial charge on any atom is -0.486 e. The lowest BCUT2D eigenvalue weighted by Crippen LogP contribution is -2.54. The molecule has 1 heterocycles. The van der Waals surface area contributed by atoms with E-state index in [9.17, 15) is 24.1 Å². The molecule has 1 N–H and O–H groups in total. The van der Waals surface area contributed by atoms with Crippen LogP contribution in [0.3, 0.4) is 0 Å². The molecule has 3 aromatic carbocycles. The molecule has 8 nitrogen and oxygen atoms in total. The van der Waals surface area contributed by atoms with Crippen LogP contribution in [0.5, 0.6) is 5.75 Å². The van der Waals surface area contributed by atoms with E-state index in [0.717, 1.165) is 4.90 Å². The first-order valence-electron chi connectivity index (χ1n) is 10.2. The van der Waals surface area contributed by atoms with Gasteiger partial charge in [-0.2, -0.15) is 0 Å². The second kappa shape index (κ2) is 10.5. The van der Waals surface area contributed by atoms with E-state index in [0.29, 0.717) is 21.3 Å². The molecule has 0 unspecified atom stereocenters. The standard InChI is InChI=1S/C24H14BrClFN3O5S/c25-17-10-14(11-18(26)21(17)35-12-13-5-7-15(8-6-13)30(33)34)9-16-22(31)28-24(36)29(23(16)32)20-4-2-1-3-19(20)27/h1-11H,12H2,(H,28,31,36)/b16-9+. The summed E-state index contributed by atoms with van der Waals surface area (Å²) < 4.78 is 20.5. The molecule has 2 amide bonds.